The number of ether oxygens (including phenoxy) is 2. The van der Waals surface area contributed by atoms with Gasteiger partial charge in [-0.3, -0.25) is 4.99 Å². The van der Waals surface area contributed by atoms with Crippen molar-refractivity contribution in [2.45, 2.75) is 44.3 Å². The lowest BCUT2D eigenvalue weighted by Gasteiger charge is -2.30. The summed E-state index contributed by atoms with van der Waals surface area (Å²) in [7, 11) is 3.08. The zero-order valence-electron chi connectivity index (χ0n) is 16.4. The molecular weight excluding hydrogens is 356 g/mol. The van der Waals surface area contributed by atoms with Crippen LogP contribution < -0.4 is 14.8 Å². The average molecular weight is 384 g/mol. The summed E-state index contributed by atoms with van der Waals surface area (Å²) < 4.78 is 10.3. The van der Waals surface area contributed by atoms with Crippen molar-refractivity contribution < 1.29 is 19.7 Å². The van der Waals surface area contributed by atoms with Crippen LogP contribution in [0.1, 0.15) is 36.8 Å². The molecular formula is C22H28N2O4. The maximum atomic E-state index is 10.3. The highest BCUT2D eigenvalue weighted by Gasteiger charge is 2.24. The van der Waals surface area contributed by atoms with E-state index in [-0.39, 0.29) is 23.6 Å². The third-order valence-electron chi connectivity index (χ3n) is 5.24. The Bertz CT molecular complexity index is 822. The van der Waals surface area contributed by atoms with Crippen LogP contribution in [0, 0.1) is 0 Å². The predicted octanol–water partition coefficient (Wildman–Crippen LogP) is 3.63. The van der Waals surface area contributed by atoms with Crippen LogP contribution in [0.3, 0.4) is 0 Å². The van der Waals surface area contributed by atoms with Gasteiger partial charge in [-0.25, -0.2) is 0 Å². The molecule has 6 heteroatoms. The second kappa shape index (κ2) is 9.46. The van der Waals surface area contributed by atoms with E-state index in [1.165, 1.54) is 7.11 Å². The number of para-hydroxylation sites is 2. The van der Waals surface area contributed by atoms with E-state index in [0.717, 1.165) is 31.2 Å². The van der Waals surface area contributed by atoms with Gasteiger partial charge >= 0.3 is 0 Å². The summed E-state index contributed by atoms with van der Waals surface area (Å²) in [5, 5.41) is 24.1. The van der Waals surface area contributed by atoms with Crippen LogP contribution in [-0.4, -0.2) is 42.7 Å². The van der Waals surface area contributed by atoms with E-state index in [2.05, 4.69) is 5.32 Å². The Hall–Kier alpha value is -2.73. The van der Waals surface area contributed by atoms with Gasteiger partial charge in [-0.2, -0.15) is 0 Å². The molecule has 2 aromatic carbocycles. The Kier molecular flexibility index (Phi) is 6.76. The largest absolute Gasteiger partial charge is 0.504 e. The van der Waals surface area contributed by atoms with Crippen LogP contribution in [0.5, 0.6) is 23.0 Å². The molecule has 0 radical (unpaired) electrons. The van der Waals surface area contributed by atoms with Crippen LogP contribution in [0.15, 0.2) is 41.4 Å². The first kappa shape index (κ1) is 20.0. The topological polar surface area (TPSA) is 83.3 Å². The number of phenols is 2. The minimum Gasteiger partial charge on any atom is -0.504 e. The highest BCUT2D eigenvalue weighted by atomic mass is 16.5. The zero-order chi connectivity index (χ0) is 19.9. The van der Waals surface area contributed by atoms with Crippen molar-refractivity contribution in [1.82, 2.24) is 5.32 Å². The Morgan fingerprint density at radius 3 is 2.43 bits per heavy atom. The minimum atomic E-state index is 0.107. The number of hydrogen-bond donors (Lipinski definition) is 3. The van der Waals surface area contributed by atoms with E-state index in [1.807, 2.05) is 24.3 Å². The number of aliphatic imine (C=N–C) groups is 1. The molecule has 1 saturated carbocycles. The molecule has 0 bridgehead atoms. The Labute approximate surface area is 165 Å². The number of nitrogens with one attached hydrogen (secondary N) is 1. The summed E-state index contributed by atoms with van der Waals surface area (Å²) in [4.78, 5) is 4.75. The number of nitrogens with zero attached hydrogens (tertiary/aromatic N) is 1. The van der Waals surface area contributed by atoms with Crippen molar-refractivity contribution in [2.75, 3.05) is 14.2 Å². The quantitative estimate of drug-likeness (QED) is 0.635. The van der Waals surface area contributed by atoms with Gasteiger partial charge in [-0.05, 0) is 31.0 Å². The van der Waals surface area contributed by atoms with E-state index in [1.54, 1.807) is 25.5 Å². The molecule has 28 heavy (non-hydrogen) atoms. The van der Waals surface area contributed by atoms with Gasteiger partial charge in [0, 0.05) is 29.9 Å². The molecule has 0 amide bonds. The molecule has 0 aromatic heterocycles. The normalized spacial score (nSPS) is 19.6. The maximum Gasteiger partial charge on any atom is 0.166 e. The van der Waals surface area contributed by atoms with Crippen molar-refractivity contribution in [3.63, 3.8) is 0 Å². The third-order valence-corrected chi connectivity index (χ3v) is 5.24. The minimum absolute atomic E-state index is 0.107. The van der Waals surface area contributed by atoms with Crippen molar-refractivity contribution in [2.24, 2.45) is 4.99 Å². The molecule has 150 valence electrons. The van der Waals surface area contributed by atoms with Crippen LogP contribution in [0.4, 0.5) is 0 Å². The predicted molar refractivity (Wildman–Crippen MR) is 110 cm³/mol. The third kappa shape index (κ3) is 4.57. The fraction of sp³-hybridized carbons (Fsp3) is 0.409. The van der Waals surface area contributed by atoms with Crippen molar-refractivity contribution in [3.8, 4) is 23.0 Å². The van der Waals surface area contributed by atoms with Gasteiger partial charge in [0.25, 0.3) is 0 Å². The molecule has 0 saturated heterocycles. The molecule has 0 aliphatic heterocycles. The Morgan fingerprint density at radius 2 is 1.68 bits per heavy atom. The summed E-state index contributed by atoms with van der Waals surface area (Å²) in [6, 6.07) is 11.2. The molecule has 2 aromatic rings. The monoisotopic (exact) mass is 384 g/mol. The van der Waals surface area contributed by atoms with E-state index in [4.69, 9.17) is 14.5 Å². The molecule has 0 spiro atoms. The Balaban J connectivity index is 1.69. The number of benzene rings is 2. The van der Waals surface area contributed by atoms with Crippen molar-refractivity contribution in [3.05, 3.63) is 47.5 Å². The summed E-state index contributed by atoms with van der Waals surface area (Å²) in [5.74, 6) is 1.20. The number of methoxy groups -OCH3 is 2. The Morgan fingerprint density at radius 1 is 1.00 bits per heavy atom. The lowest BCUT2D eigenvalue weighted by molar-refractivity contribution is 0.325. The standard InChI is InChI=1S/C22H28N2O4/c1-27-19-11-5-7-15(21(19)25)13-23-17-9-3-4-10-18(17)24-14-16-8-6-12-20(28-2)22(16)26/h5-8,11-13,17-18,24-26H,3-4,9-10,14H2,1-2H3/t17-,18-/m0/s1. The van der Waals surface area contributed by atoms with E-state index in [9.17, 15) is 10.2 Å². The molecule has 3 rings (SSSR count). The molecule has 0 unspecified atom stereocenters. The smallest absolute Gasteiger partial charge is 0.166 e. The SMILES string of the molecule is COc1cccc(C=N[C@H]2CCCC[C@@H]2NCc2cccc(OC)c2O)c1O. The van der Waals surface area contributed by atoms with Crippen LogP contribution in [0.2, 0.25) is 0 Å². The van der Waals surface area contributed by atoms with E-state index in [0.29, 0.717) is 23.6 Å². The van der Waals surface area contributed by atoms with Crippen molar-refractivity contribution in [1.29, 1.82) is 0 Å². The van der Waals surface area contributed by atoms with Gasteiger partial charge in [0.15, 0.2) is 23.0 Å². The van der Waals surface area contributed by atoms with E-state index >= 15 is 0 Å². The summed E-state index contributed by atoms with van der Waals surface area (Å²) in [6.45, 7) is 0.546. The summed E-state index contributed by atoms with van der Waals surface area (Å²) in [6.07, 6.45) is 6.03. The van der Waals surface area contributed by atoms with Gasteiger partial charge < -0.3 is 25.0 Å². The molecule has 2 atom stereocenters. The van der Waals surface area contributed by atoms with Crippen LogP contribution >= 0.6 is 0 Å². The number of rotatable bonds is 7. The van der Waals surface area contributed by atoms with Crippen molar-refractivity contribution >= 4 is 6.21 Å². The molecule has 1 aliphatic carbocycles. The van der Waals surface area contributed by atoms with Gasteiger partial charge in [0.2, 0.25) is 0 Å². The number of phenolic OH excluding ortho intramolecular Hbond substituents is 2. The average Bonchev–Trinajstić information content (AvgIpc) is 2.73. The van der Waals surface area contributed by atoms with Gasteiger partial charge in [-0.15, -0.1) is 0 Å². The highest BCUT2D eigenvalue weighted by Crippen LogP contribution is 2.31. The molecule has 1 fully saturated rings. The highest BCUT2D eigenvalue weighted by molar-refractivity contribution is 5.84. The number of aromatic hydroxyl groups is 2. The van der Waals surface area contributed by atoms with E-state index < -0.39 is 0 Å². The fourth-order valence-electron chi connectivity index (χ4n) is 3.63. The summed E-state index contributed by atoms with van der Waals surface area (Å²) in [5.41, 5.74) is 1.45. The molecule has 6 nitrogen and oxygen atoms in total. The zero-order valence-corrected chi connectivity index (χ0v) is 16.4. The summed E-state index contributed by atoms with van der Waals surface area (Å²) >= 11 is 0. The first-order chi connectivity index (χ1) is 13.6. The lowest BCUT2D eigenvalue weighted by atomic mass is 9.90. The lowest BCUT2D eigenvalue weighted by Crippen LogP contribution is -2.40. The fourth-order valence-corrected chi connectivity index (χ4v) is 3.63. The van der Waals surface area contributed by atoms with Crippen LogP contribution in [0.25, 0.3) is 0 Å². The van der Waals surface area contributed by atoms with Crippen LogP contribution in [-0.2, 0) is 6.54 Å². The first-order valence-electron chi connectivity index (χ1n) is 9.61. The first-order valence-corrected chi connectivity index (χ1v) is 9.61. The molecule has 1 aliphatic rings. The van der Waals surface area contributed by atoms with Gasteiger partial charge in [0.1, 0.15) is 0 Å². The molecule has 0 heterocycles. The van der Waals surface area contributed by atoms with Gasteiger partial charge in [0.05, 0.1) is 20.3 Å². The number of hydrogen-bond acceptors (Lipinski definition) is 6. The second-order valence-corrected chi connectivity index (χ2v) is 6.98. The second-order valence-electron chi connectivity index (χ2n) is 6.98. The molecule has 3 N–H and O–H groups in total. The maximum absolute atomic E-state index is 10.3. The van der Waals surface area contributed by atoms with Gasteiger partial charge in [-0.1, -0.05) is 31.0 Å².